The average molecular weight is 182 g/mol. The third-order valence-electron chi connectivity index (χ3n) is 3.95. The standard InChI is InChI=1S/C11H22N2/c1-10-7-12-8-11(10,2)9-13-5-3-4-6-13/h10,12H,3-9H2,1-2H3. The quantitative estimate of drug-likeness (QED) is 0.693. The monoisotopic (exact) mass is 182 g/mol. The van der Waals surface area contributed by atoms with E-state index >= 15 is 0 Å². The van der Waals surface area contributed by atoms with Crippen LogP contribution in [0.3, 0.4) is 0 Å². The number of nitrogens with one attached hydrogen (secondary N) is 1. The van der Waals surface area contributed by atoms with Gasteiger partial charge in [0.05, 0.1) is 0 Å². The van der Waals surface area contributed by atoms with Crippen molar-refractivity contribution in [3.63, 3.8) is 0 Å². The minimum Gasteiger partial charge on any atom is -0.316 e. The predicted octanol–water partition coefficient (Wildman–Crippen LogP) is 1.33. The molecule has 0 amide bonds. The Kier molecular flexibility index (Phi) is 2.61. The van der Waals surface area contributed by atoms with Crippen molar-refractivity contribution in [2.45, 2.75) is 26.7 Å². The first-order valence-electron chi connectivity index (χ1n) is 5.64. The molecule has 0 radical (unpaired) electrons. The summed E-state index contributed by atoms with van der Waals surface area (Å²) in [6.45, 7) is 11.2. The van der Waals surface area contributed by atoms with Crippen LogP contribution in [0.1, 0.15) is 26.7 Å². The van der Waals surface area contributed by atoms with Crippen LogP contribution in [0.5, 0.6) is 0 Å². The molecule has 0 aromatic heterocycles. The lowest BCUT2D eigenvalue weighted by Crippen LogP contribution is -2.38. The number of nitrogens with zero attached hydrogens (tertiary/aromatic N) is 1. The Morgan fingerprint density at radius 2 is 2.08 bits per heavy atom. The molecule has 1 N–H and O–H groups in total. The smallest absolute Gasteiger partial charge is 0.00505 e. The zero-order valence-electron chi connectivity index (χ0n) is 8.97. The maximum Gasteiger partial charge on any atom is 0.00505 e. The maximum absolute atomic E-state index is 3.51. The van der Waals surface area contributed by atoms with Crippen LogP contribution >= 0.6 is 0 Å². The molecule has 13 heavy (non-hydrogen) atoms. The van der Waals surface area contributed by atoms with Crippen molar-refractivity contribution in [1.29, 1.82) is 0 Å². The summed E-state index contributed by atoms with van der Waals surface area (Å²) in [5, 5.41) is 3.51. The number of likely N-dealkylation sites (tertiary alicyclic amines) is 1. The summed E-state index contributed by atoms with van der Waals surface area (Å²) in [7, 11) is 0. The van der Waals surface area contributed by atoms with Crippen molar-refractivity contribution in [3.05, 3.63) is 0 Å². The van der Waals surface area contributed by atoms with Crippen molar-refractivity contribution in [2.75, 3.05) is 32.7 Å². The third kappa shape index (κ3) is 1.89. The van der Waals surface area contributed by atoms with E-state index in [1.165, 1.54) is 45.6 Å². The van der Waals surface area contributed by atoms with E-state index in [2.05, 4.69) is 24.1 Å². The van der Waals surface area contributed by atoms with Crippen LogP contribution in [0.2, 0.25) is 0 Å². The van der Waals surface area contributed by atoms with E-state index in [1.807, 2.05) is 0 Å². The van der Waals surface area contributed by atoms with E-state index in [0.717, 1.165) is 5.92 Å². The Morgan fingerprint density at radius 1 is 1.38 bits per heavy atom. The molecule has 2 heterocycles. The van der Waals surface area contributed by atoms with Gasteiger partial charge in [-0.3, -0.25) is 0 Å². The highest BCUT2D eigenvalue weighted by Crippen LogP contribution is 2.32. The Balaban J connectivity index is 1.91. The molecule has 2 aliphatic heterocycles. The first kappa shape index (κ1) is 9.47. The molecule has 2 saturated heterocycles. The Hall–Kier alpha value is -0.0800. The molecule has 0 aromatic carbocycles. The number of hydrogen-bond donors (Lipinski definition) is 1. The minimum absolute atomic E-state index is 0.532. The van der Waals surface area contributed by atoms with E-state index in [1.54, 1.807) is 0 Å². The minimum atomic E-state index is 0.532. The molecule has 0 aromatic rings. The van der Waals surface area contributed by atoms with E-state index < -0.39 is 0 Å². The van der Waals surface area contributed by atoms with Gasteiger partial charge in [-0.2, -0.15) is 0 Å². The molecule has 76 valence electrons. The summed E-state index contributed by atoms with van der Waals surface area (Å²) in [6.07, 6.45) is 2.83. The first-order chi connectivity index (χ1) is 6.21. The third-order valence-corrected chi connectivity index (χ3v) is 3.95. The molecule has 2 rings (SSSR count). The fourth-order valence-electron chi connectivity index (χ4n) is 2.66. The van der Waals surface area contributed by atoms with Crippen LogP contribution in [-0.2, 0) is 0 Å². The summed E-state index contributed by atoms with van der Waals surface area (Å²) < 4.78 is 0. The van der Waals surface area contributed by atoms with Gasteiger partial charge in [0.1, 0.15) is 0 Å². The van der Waals surface area contributed by atoms with Gasteiger partial charge in [-0.25, -0.2) is 0 Å². The van der Waals surface area contributed by atoms with Crippen molar-refractivity contribution in [2.24, 2.45) is 11.3 Å². The number of rotatable bonds is 2. The second kappa shape index (κ2) is 3.58. The number of hydrogen-bond acceptors (Lipinski definition) is 2. The van der Waals surface area contributed by atoms with Crippen LogP contribution in [0.15, 0.2) is 0 Å². The molecule has 0 saturated carbocycles. The molecule has 2 heteroatoms. The average Bonchev–Trinajstić information content (AvgIpc) is 2.65. The first-order valence-corrected chi connectivity index (χ1v) is 5.64. The van der Waals surface area contributed by atoms with Crippen molar-refractivity contribution < 1.29 is 0 Å². The lowest BCUT2D eigenvalue weighted by atomic mass is 9.81. The topological polar surface area (TPSA) is 15.3 Å². The summed E-state index contributed by atoms with van der Waals surface area (Å²) in [5.74, 6) is 0.841. The van der Waals surface area contributed by atoms with Gasteiger partial charge in [0.2, 0.25) is 0 Å². The van der Waals surface area contributed by atoms with Gasteiger partial charge in [0, 0.05) is 13.1 Å². The second-order valence-electron chi connectivity index (χ2n) is 5.17. The summed E-state index contributed by atoms with van der Waals surface area (Å²) in [5.41, 5.74) is 0.532. The van der Waals surface area contributed by atoms with Crippen LogP contribution in [0.25, 0.3) is 0 Å². The van der Waals surface area contributed by atoms with Crippen LogP contribution in [0, 0.1) is 11.3 Å². The Bertz CT molecular complexity index is 175. The summed E-state index contributed by atoms with van der Waals surface area (Å²) >= 11 is 0. The van der Waals surface area contributed by atoms with Gasteiger partial charge >= 0.3 is 0 Å². The van der Waals surface area contributed by atoms with Gasteiger partial charge in [-0.05, 0) is 43.8 Å². The Morgan fingerprint density at radius 3 is 2.62 bits per heavy atom. The van der Waals surface area contributed by atoms with Gasteiger partial charge in [-0.1, -0.05) is 13.8 Å². The molecular formula is C11H22N2. The molecule has 0 bridgehead atoms. The van der Waals surface area contributed by atoms with E-state index in [4.69, 9.17) is 0 Å². The van der Waals surface area contributed by atoms with Gasteiger partial charge in [0.15, 0.2) is 0 Å². The highest BCUT2D eigenvalue weighted by molar-refractivity contribution is 4.92. The molecule has 0 spiro atoms. The summed E-state index contributed by atoms with van der Waals surface area (Å²) in [6, 6.07) is 0. The van der Waals surface area contributed by atoms with Crippen molar-refractivity contribution in [3.8, 4) is 0 Å². The molecule has 2 atom stereocenters. The van der Waals surface area contributed by atoms with Crippen LogP contribution < -0.4 is 5.32 Å². The molecule has 2 fully saturated rings. The lowest BCUT2D eigenvalue weighted by Gasteiger charge is -2.32. The molecule has 2 aliphatic rings. The molecule has 0 aliphatic carbocycles. The fraction of sp³-hybridized carbons (Fsp3) is 1.00. The van der Waals surface area contributed by atoms with Crippen LogP contribution in [0.4, 0.5) is 0 Å². The van der Waals surface area contributed by atoms with E-state index in [-0.39, 0.29) is 0 Å². The molecule has 2 unspecified atom stereocenters. The van der Waals surface area contributed by atoms with E-state index in [0.29, 0.717) is 5.41 Å². The highest BCUT2D eigenvalue weighted by Gasteiger charge is 2.37. The zero-order valence-corrected chi connectivity index (χ0v) is 8.97. The van der Waals surface area contributed by atoms with Crippen LogP contribution in [-0.4, -0.2) is 37.6 Å². The molecular weight excluding hydrogens is 160 g/mol. The zero-order chi connectivity index (χ0) is 9.31. The highest BCUT2D eigenvalue weighted by atomic mass is 15.2. The predicted molar refractivity (Wildman–Crippen MR) is 55.8 cm³/mol. The Labute approximate surface area is 81.7 Å². The van der Waals surface area contributed by atoms with Gasteiger partial charge < -0.3 is 10.2 Å². The van der Waals surface area contributed by atoms with E-state index in [9.17, 15) is 0 Å². The SMILES string of the molecule is CC1CNCC1(C)CN1CCCC1. The lowest BCUT2D eigenvalue weighted by molar-refractivity contribution is 0.168. The second-order valence-corrected chi connectivity index (χ2v) is 5.17. The molecule has 2 nitrogen and oxygen atoms in total. The van der Waals surface area contributed by atoms with Crippen molar-refractivity contribution in [1.82, 2.24) is 10.2 Å². The summed E-state index contributed by atoms with van der Waals surface area (Å²) in [4.78, 5) is 2.64. The fourth-order valence-corrected chi connectivity index (χ4v) is 2.66. The van der Waals surface area contributed by atoms with Crippen molar-refractivity contribution >= 4 is 0 Å². The largest absolute Gasteiger partial charge is 0.316 e. The maximum atomic E-state index is 3.51. The van der Waals surface area contributed by atoms with Gasteiger partial charge in [0.25, 0.3) is 0 Å². The van der Waals surface area contributed by atoms with Gasteiger partial charge in [-0.15, -0.1) is 0 Å². The normalized spacial score (nSPS) is 41.5.